The molecule has 204 valence electrons. The minimum absolute atomic E-state index is 0. The van der Waals surface area contributed by atoms with Crippen molar-refractivity contribution in [3.05, 3.63) is 107 Å². The molecular weight excluding hydrogens is 541 g/mol. The van der Waals surface area contributed by atoms with Crippen molar-refractivity contribution in [2.24, 2.45) is 0 Å². The molecular formula is C31H31ClLiNO5S. The third-order valence-corrected chi connectivity index (χ3v) is 7.22. The molecule has 0 radical (unpaired) electrons. The second kappa shape index (κ2) is 15.2. The van der Waals surface area contributed by atoms with E-state index in [1.165, 1.54) is 0 Å². The van der Waals surface area contributed by atoms with Gasteiger partial charge in [0.25, 0.3) is 5.91 Å². The molecule has 0 unspecified atom stereocenters. The van der Waals surface area contributed by atoms with Crippen LogP contribution in [0, 0.1) is 6.92 Å². The summed E-state index contributed by atoms with van der Waals surface area (Å²) in [6, 6.07) is 21.8. The minimum atomic E-state index is -1.04. The number of benzene rings is 3. The van der Waals surface area contributed by atoms with Crippen molar-refractivity contribution in [1.82, 2.24) is 5.32 Å². The van der Waals surface area contributed by atoms with Crippen LogP contribution in [0.15, 0.2) is 83.5 Å². The van der Waals surface area contributed by atoms with Gasteiger partial charge < -0.3 is 19.6 Å². The Kier molecular flexibility index (Phi) is 12.0. The molecule has 0 aliphatic rings. The van der Waals surface area contributed by atoms with Gasteiger partial charge in [-0.2, -0.15) is 11.8 Å². The molecule has 3 aromatic carbocycles. The predicted octanol–water partition coefficient (Wildman–Crippen LogP) is 6.58. The molecule has 0 aliphatic heterocycles. The van der Waals surface area contributed by atoms with Crippen LogP contribution in [0.1, 0.15) is 33.7 Å². The molecule has 40 heavy (non-hydrogen) atoms. The normalized spacial score (nSPS) is 11.5. The van der Waals surface area contributed by atoms with Crippen molar-refractivity contribution in [2.75, 3.05) is 12.0 Å². The first-order chi connectivity index (χ1) is 18.9. The van der Waals surface area contributed by atoms with Crippen LogP contribution in [-0.4, -0.2) is 53.9 Å². The summed E-state index contributed by atoms with van der Waals surface area (Å²) in [5, 5.41) is 13.0. The fraction of sp³-hybridized carbons (Fsp3) is 0.226. The monoisotopic (exact) mass is 571 g/mol. The summed E-state index contributed by atoms with van der Waals surface area (Å²) in [5.74, 6) is -0.133. The van der Waals surface area contributed by atoms with Crippen molar-refractivity contribution in [3.63, 3.8) is 0 Å². The van der Waals surface area contributed by atoms with E-state index in [0.717, 1.165) is 33.4 Å². The van der Waals surface area contributed by atoms with Gasteiger partial charge in [-0.25, -0.2) is 4.79 Å². The molecule has 0 bridgehead atoms. The molecule has 1 heterocycles. The number of carbonyl (C=O) groups excluding carboxylic acids is 1. The van der Waals surface area contributed by atoms with Gasteiger partial charge in [0.05, 0.1) is 12.9 Å². The van der Waals surface area contributed by atoms with E-state index < -0.39 is 17.9 Å². The fourth-order valence-electron chi connectivity index (χ4n) is 4.23. The Bertz CT molecular complexity index is 1440. The predicted molar refractivity (Wildman–Crippen MR) is 163 cm³/mol. The maximum atomic E-state index is 13.2. The van der Waals surface area contributed by atoms with E-state index in [-0.39, 0.29) is 25.5 Å². The van der Waals surface area contributed by atoms with Gasteiger partial charge >= 0.3 is 24.8 Å². The van der Waals surface area contributed by atoms with E-state index in [9.17, 15) is 14.7 Å². The van der Waals surface area contributed by atoms with Crippen LogP contribution >= 0.6 is 23.4 Å². The number of rotatable bonds is 12. The van der Waals surface area contributed by atoms with Gasteiger partial charge in [-0.15, -0.1) is 0 Å². The number of amides is 1. The van der Waals surface area contributed by atoms with Gasteiger partial charge in [0.15, 0.2) is 0 Å². The standard InChI is InChI=1S/C31H30ClNO5S.Li.H/c1-20-5-3-4-6-26(20)28-15-21(7-12-27(28)30(34)33-29(31(35)36)13-14-39-2)17-37-19-25-16-23(18-38-25)22-8-10-24(32)11-9-22;;/h3-12,15-16,18,29H,13-14,17,19H2,1-2H3,(H,33,34)(H,35,36);;/t29-;;/m0../s1. The average Bonchev–Trinajstić information content (AvgIpc) is 3.40. The van der Waals surface area contributed by atoms with Gasteiger partial charge in [-0.1, -0.05) is 54.1 Å². The van der Waals surface area contributed by atoms with E-state index in [1.807, 2.05) is 79.9 Å². The first-order valence-electron chi connectivity index (χ1n) is 12.5. The van der Waals surface area contributed by atoms with Gasteiger partial charge in [0, 0.05) is 16.1 Å². The Morgan fingerprint density at radius 1 is 1.00 bits per heavy atom. The van der Waals surface area contributed by atoms with Crippen LogP contribution in [0.25, 0.3) is 22.3 Å². The molecule has 6 nitrogen and oxygen atoms in total. The SMILES string of the molecule is CSCC[C@H](NC(=O)c1ccc(COCc2cc(-c3ccc(Cl)cc3)co2)cc1-c1ccccc1C)C(=O)O.[LiH]. The maximum absolute atomic E-state index is 13.2. The van der Waals surface area contributed by atoms with Crippen molar-refractivity contribution in [3.8, 4) is 22.3 Å². The molecule has 0 saturated carbocycles. The number of halogens is 1. The zero-order valence-corrected chi connectivity index (χ0v) is 23.4. The van der Waals surface area contributed by atoms with Crippen molar-refractivity contribution >= 4 is 54.1 Å². The number of furan rings is 1. The second-order valence-corrected chi connectivity index (χ2v) is 10.6. The molecule has 1 atom stereocenters. The third-order valence-electron chi connectivity index (χ3n) is 6.32. The summed E-state index contributed by atoms with van der Waals surface area (Å²) in [7, 11) is 0. The fourth-order valence-corrected chi connectivity index (χ4v) is 4.82. The average molecular weight is 572 g/mol. The number of hydrogen-bond donors (Lipinski definition) is 2. The summed E-state index contributed by atoms with van der Waals surface area (Å²) in [6.45, 7) is 2.57. The van der Waals surface area contributed by atoms with Crippen LogP contribution in [0.4, 0.5) is 0 Å². The van der Waals surface area contributed by atoms with Crippen molar-refractivity contribution in [2.45, 2.75) is 32.6 Å². The molecule has 2 N–H and O–H groups in total. The molecule has 0 fully saturated rings. The first-order valence-corrected chi connectivity index (χ1v) is 14.3. The molecule has 4 rings (SSSR count). The molecule has 4 aromatic rings. The summed E-state index contributed by atoms with van der Waals surface area (Å²) >= 11 is 7.52. The number of ether oxygens (including phenoxy) is 1. The Balaban J connectivity index is 0.00000441. The number of carboxylic acids is 1. The summed E-state index contributed by atoms with van der Waals surface area (Å²) in [6.07, 6.45) is 3.94. The number of hydrogen-bond acceptors (Lipinski definition) is 5. The number of aryl methyl sites for hydroxylation is 1. The molecule has 1 amide bonds. The number of aliphatic carboxylic acids is 1. The zero-order chi connectivity index (χ0) is 27.8. The Morgan fingerprint density at radius 3 is 2.45 bits per heavy atom. The zero-order valence-electron chi connectivity index (χ0n) is 21.8. The van der Waals surface area contributed by atoms with Crippen LogP contribution in [0.5, 0.6) is 0 Å². The topological polar surface area (TPSA) is 88.8 Å². The molecule has 1 aromatic heterocycles. The van der Waals surface area contributed by atoms with Gasteiger partial charge in [0.1, 0.15) is 18.4 Å². The molecule has 9 heteroatoms. The Labute approximate surface area is 255 Å². The Morgan fingerprint density at radius 2 is 1.75 bits per heavy atom. The van der Waals surface area contributed by atoms with E-state index >= 15 is 0 Å². The summed E-state index contributed by atoms with van der Waals surface area (Å²) in [4.78, 5) is 25.0. The van der Waals surface area contributed by atoms with Crippen molar-refractivity contribution in [1.29, 1.82) is 0 Å². The van der Waals surface area contributed by atoms with Gasteiger partial charge in [0.2, 0.25) is 0 Å². The Hall–Kier alpha value is -2.92. The number of thioether (sulfide) groups is 1. The van der Waals surface area contributed by atoms with Gasteiger partial charge in [-0.3, -0.25) is 4.79 Å². The van der Waals surface area contributed by atoms with Crippen molar-refractivity contribution < 1.29 is 23.8 Å². The first kappa shape index (κ1) is 31.6. The van der Waals surface area contributed by atoms with Crippen LogP contribution in [0.3, 0.4) is 0 Å². The van der Waals surface area contributed by atoms with Crippen LogP contribution in [-0.2, 0) is 22.7 Å². The van der Waals surface area contributed by atoms with E-state index in [1.54, 1.807) is 24.1 Å². The summed E-state index contributed by atoms with van der Waals surface area (Å²) in [5.41, 5.74) is 5.88. The second-order valence-electron chi connectivity index (χ2n) is 9.14. The quantitative estimate of drug-likeness (QED) is 0.187. The molecule has 0 aliphatic carbocycles. The van der Waals surface area contributed by atoms with E-state index in [2.05, 4.69) is 5.32 Å². The number of carbonyl (C=O) groups is 2. The summed E-state index contributed by atoms with van der Waals surface area (Å²) < 4.78 is 11.6. The van der Waals surface area contributed by atoms with E-state index in [4.69, 9.17) is 20.8 Å². The van der Waals surface area contributed by atoms with Gasteiger partial charge in [-0.05, 0) is 83.5 Å². The van der Waals surface area contributed by atoms with E-state index in [0.29, 0.717) is 35.1 Å². The van der Waals surface area contributed by atoms with Crippen LogP contribution in [0.2, 0.25) is 5.02 Å². The third kappa shape index (κ3) is 8.29. The molecule has 0 saturated heterocycles. The molecule has 0 spiro atoms. The number of nitrogens with one attached hydrogen (secondary N) is 1. The number of carboxylic acid groups (broad SMARTS) is 1. The van der Waals surface area contributed by atoms with Crippen LogP contribution < -0.4 is 5.32 Å².